The van der Waals surface area contributed by atoms with Crippen molar-refractivity contribution in [3.63, 3.8) is 0 Å². The van der Waals surface area contributed by atoms with E-state index in [0.717, 1.165) is 83.1 Å². The highest BCUT2D eigenvalue weighted by Crippen LogP contribution is 2.43. The summed E-state index contributed by atoms with van der Waals surface area (Å²) >= 11 is 0. The molecule has 0 bridgehead atoms. The first-order chi connectivity index (χ1) is 34.2. The Hall–Kier alpha value is -9.39. The molecule has 6 nitrogen and oxygen atoms in total. The fourth-order valence-corrected chi connectivity index (χ4v) is 10.4. The smallest absolute Gasteiger partial charge is 0.164 e. The summed E-state index contributed by atoms with van der Waals surface area (Å²) in [5, 5.41) is 6.77. The van der Waals surface area contributed by atoms with E-state index in [9.17, 15) is 0 Å². The molecule has 0 aliphatic heterocycles. The topological polar surface area (TPSA) is 61.7 Å². The van der Waals surface area contributed by atoms with Crippen LogP contribution in [0.2, 0.25) is 0 Å². The molecule has 322 valence electrons. The Bertz CT molecular complexity index is 4230. The zero-order valence-corrected chi connectivity index (χ0v) is 37.2. The highest BCUT2D eigenvalue weighted by atomic mass is 16.3. The molecule has 0 N–H and O–H groups in total. The van der Waals surface area contributed by atoms with Gasteiger partial charge in [-0.3, -0.25) is 0 Å². The molecule has 0 aliphatic rings. The maximum Gasteiger partial charge on any atom is 0.164 e. The second-order valence-corrected chi connectivity index (χ2v) is 17.6. The summed E-state index contributed by atoms with van der Waals surface area (Å²) in [5.41, 5.74) is 15.7. The van der Waals surface area contributed by atoms with E-state index in [1.807, 2.05) is 72.8 Å². The fourth-order valence-electron chi connectivity index (χ4n) is 10.4. The first-order valence-electron chi connectivity index (χ1n) is 23.3. The van der Waals surface area contributed by atoms with Gasteiger partial charge in [0.15, 0.2) is 17.5 Å². The van der Waals surface area contributed by atoms with E-state index >= 15 is 0 Å². The van der Waals surface area contributed by atoms with Crippen molar-refractivity contribution in [2.24, 2.45) is 0 Å². The van der Waals surface area contributed by atoms with E-state index in [1.165, 1.54) is 32.8 Å². The van der Waals surface area contributed by atoms with E-state index in [-0.39, 0.29) is 0 Å². The molecule has 0 aliphatic carbocycles. The molecule has 10 aromatic carbocycles. The highest BCUT2D eigenvalue weighted by Gasteiger charge is 2.22. The van der Waals surface area contributed by atoms with Crippen molar-refractivity contribution < 1.29 is 4.42 Å². The van der Waals surface area contributed by atoms with Gasteiger partial charge in [-0.05, 0) is 89.5 Å². The van der Waals surface area contributed by atoms with Crippen LogP contribution < -0.4 is 0 Å². The molecule has 0 saturated heterocycles. The number of benzene rings is 10. The normalized spacial score (nSPS) is 11.8. The molecule has 0 radical (unpaired) electrons. The Labute approximate surface area is 396 Å². The van der Waals surface area contributed by atoms with Gasteiger partial charge in [0.2, 0.25) is 0 Å². The summed E-state index contributed by atoms with van der Waals surface area (Å²) in [4.78, 5) is 15.2. The van der Waals surface area contributed by atoms with Gasteiger partial charge in [0.1, 0.15) is 11.2 Å². The maximum absolute atomic E-state index is 6.90. The van der Waals surface area contributed by atoms with Crippen LogP contribution in [0.3, 0.4) is 0 Å². The standard InChI is InChI=1S/C63H39N5O/c1-5-17-40(18-6-1)61-64-62(41-19-7-2-8-20-41)66-63(65-61)50-28-16-30-58-59(50)49-27-15-26-47(60(49)69-58)44-33-36-57-53(39-44)52-38-43(32-35-56(52)68(57)46-23-11-4-12-24-46)42-31-34-55-51(37-42)48-25-13-14-29-54(48)67(55)45-21-9-3-10-22-45/h1-39H. The molecule has 0 atom stereocenters. The molecule has 0 amide bonds. The second kappa shape index (κ2) is 15.6. The van der Waals surface area contributed by atoms with Gasteiger partial charge in [-0.2, -0.15) is 0 Å². The third kappa shape index (κ3) is 6.30. The third-order valence-corrected chi connectivity index (χ3v) is 13.6. The Morgan fingerprint density at radius 3 is 1.32 bits per heavy atom. The van der Waals surface area contributed by atoms with Crippen LogP contribution in [0.15, 0.2) is 241 Å². The van der Waals surface area contributed by atoms with Crippen LogP contribution in [0, 0.1) is 0 Å². The van der Waals surface area contributed by atoms with Gasteiger partial charge in [0.25, 0.3) is 0 Å². The Kier molecular flexibility index (Phi) is 8.79. The van der Waals surface area contributed by atoms with Crippen molar-refractivity contribution in [2.45, 2.75) is 0 Å². The average Bonchev–Trinajstić information content (AvgIpc) is 4.09. The van der Waals surface area contributed by atoms with E-state index < -0.39 is 0 Å². The van der Waals surface area contributed by atoms with Crippen LogP contribution >= 0.6 is 0 Å². The first kappa shape index (κ1) is 38.8. The van der Waals surface area contributed by atoms with E-state index in [0.29, 0.717) is 17.5 Å². The van der Waals surface area contributed by atoms with Gasteiger partial charge in [-0.25, -0.2) is 15.0 Å². The van der Waals surface area contributed by atoms with Gasteiger partial charge in [-0.1, -0.05) is 164 Å². The number of fused-ring (bicyclic) bond motifs is 9. The molecule has 69 heavy (non-hydrogen) atoms. The van der Waals surface area contributed by atoms with Gasteiger partial charge in [-0.15, -0.1) is 0 Å². The summed E-state index contributed by atoms with van der Waals surface area (Å²) in [7, 11) is 0. The van der Waals surface area contributed by atoms with Crippen molar-refractivity contribution in [2.75, 3.05) is 0 Å². The fraction of sp³-hybridized carbons (Fsp3) is 0. The summed E-state index contributed by atoms with van der Waals surface area (Å²) in [6.07, 6.45) is 0. The molecule has 14 aromatic rings. The minimum Gasteiger partial charge on any atom is -0.455 e. The molecule has 6 heteroatoms. The second-order valence-electron chi connectivity index (χ2n) is 17.6. The molecule has 4 heterocycles. The van der Waals surface area contributed by atoms with Gasteiger partial charge in [0, 0.05) is 65.9 Å². The quantitative estimate of drug-likeness (QED) is 0.160. The highest BCUT2D eigenvalue weighted by molar-refractivity contribution is 6.17. The predicted molar refractivity (Wildman–Crippen MR) is 283 cm³/mol. The Morgan fingerprint density at radius 1 is 0.290 bits per heavy atom. The third-order valence-electron chi connectivity index (χ3n) is 13.6. The number of rotatable bonds is 7. The number of aromatic nitrogens is 5. The minimum absolute atomic E-state index is 0.591. The number of nitrogens with zero attached hydrogens (tertiary/aromatic N) is 5. The van der Waals surface area contributed by atoms with Crippen LogP contribution in [0.4, 0.5) is 0 Å². The molecule has 4 aromatic heterocycles. The van der Waals surface area contributed by atoms with Crippen LogP contribution in [0.25, 0.3) is 133 Å². The average molecular weight is 882 g/mol. The number of hydrogen-bond donors (Lipinski definition) is 0. The zero-order valence-electron chi connectivity index (χ0n) is 37.2. The lowest BCUT2D eigenvalue weighted by Crippen LogP contribution is -2.00. The molecule has 0 spiro atoms. The van der Waals surface area contributed by atoms with E-state index in [4.69, 9.17) is 19.4 Å². The lowest BCUT2D eigenvalue weighted by atomic mass is 9.98. The van der Waals surface area contributed by atoms with Crippen LogP contribution in [-0.4, -0.2) is 24.1 Å². The molecule has 0 saturated carbocycles. The summed E-state index contributed by atoms with van der Waals surface area (Å²) in [5.74, 6) is 1.83. The van der Waals surface area contributed by atoms with E-state index in [1.54, 1.807) is 0 Å². The lowest BCUT2D eigenvalue weighted by Gasteiger charge is -2.09. The minimum atomic E-state index is 0.591. The first-order valence-corrected chi connectivity index (χ1v) is 23.3. The number of para-hydroxylation sites is 4. The lowest BCUT2D eigenvalue weighted by molar-refractivity contribution is 0.670. The van der Waals surface area contributed by atoms with Crippen molar-refractivity contribution in [1.82, 2.24) is 24.1 Å². The van der Waals surface area contributed by atoms with Crippen molar-refractivity contribution in [1.29, 1.82) is 0 Å². The largest absolute Gasteiger partial charge is 0.455 e. The van der Waals surface area contributed by atoms with Crippen LogP contribution in [0.5, 0.6) is 0 Å². The predicted octanol–water partition coefficient (Wildman–Crippen LogP) is 16.3. The number of furan rings is 1. The number of hydrogen-bond acceptors (Lipinski definition) is 4. The molecular formula is C63H39N5O. The summed E-state index contributed by atoms with van der Waals surface area (Å²) < 4.78 is 11.6. The monoisotopic (exact) mass is 881 g/mol. The molecular weight excluding hydrogens is 843 g/mol. The van der Waals surface area contributed by atoms with Gasteiger partial charge < -0.3 is 13.6 Å². The van der Waals surface area contributed by atoms with Gasteiger partial charge in [0.05, 0.1) is 22.1 Å². The van der Waals surface area contributed by atoms with Crippen molar-refractivity contribution >= 4 is 65.6 Å². The van der Waals surface area contributed by atoms with Gasteiger partial charge >= 0.3 is 0 Å². The van der Waals surface area contributed by atoms with Crippen LogP contribution in [0.1, 0.15) is 0 Å². The maximum atomic E-state index is 6.90. The molecule has 0 fully saturated rings. The zero-order chi connectivity index (χ0) is 45.4. The SMILES string of the molecule is c1ccc(-c2nc(-c3ccccc3)nc(-c3cccc4oc5c(-c6ccc7c(c6)c6cc(-c8ccc9c(c8)c8ccccc8n9-c8ccccc8)ccc6n7-c6ccccc6)cccc5c34)n2)cc1. The van der Waals surface area contributed by atoms with E-state index in [2.05, 4.69) is 173 Å². The Morgan fingerprint density at radius 2 is 0.725 bits per heavy atom. The molecule has 14 rings (SSSR count). The van der Waals surface area contributed by atoms with Crippen LogP contribution in [-0.2, 0) is 0 Å². The Balaban J connectivity index is 0.940. The molecule has 0 unspecified atom stereocenters. The van der Waals surface area contributed by atoms with Crippen molar-refractivity contribution in [3.05, 3.63) is 237 Å². The van der Waals surface area contributed by atoms with Crippen molar-refractivity contribution in [3.8, 4) is 67.8 Å². The summed E-state index contributed by atoms with van der Waals surface area (Å²) in [6.45, 7) is 0. The summed E-state index contributed by atoms with van der Waals surface area (Å²) in [6, 6.07) is 83.4.